The van der Waals surface area contributed by atoms with Crippen molar-refractivity contribution in [3.63, 3.8) is 0 Å². The molecule has 24 heavy (non-hydrogen) atoms. The van der Waals surface area contributed by atoms with Gasteiger partial charge in [0.2, 0.25) is 0 Å². The molecule has 0 radical (unpaired) electrons. The maximum atomic E-state index is 14.4. The third kappa shape index (κ3) is 1.72. The number of aromatic nitrogens is 2. The van der Waals surface area contributed by atoms with E-state index in [0.717, 1.165) is 16.7 Å². The molecule has 0 spiro atoms. The number of nitrogens with two attached hydrogens (primary N) is 1. The molecule has 0 bridgehead atoms. The first-order valence-corrected chi connectivity index (χ1v) is 6.85. The van der Waals surface area contributed by atoms with Crippen molar-refractivity contribution >= 4 is 28.6 Å². The van der Waals surface area contributed by atoms with Crippen molar-refractivity contribution in [1.82, 2.24) is 15.0 Å². The highest BCUT2D eigenvalue weighted by Gasteiger charge is 2.32. The molecular weight excluding hydrogens is 319 g/mol. The Kier molecular flexibility index (Phi) is 2.65. The van der Waals surface area contributed by atoms with Gasteiger partial charge < -0.3 is 10.3 Å². The molecule has 2 aromatic heterocycles. The van der Waals surface area contributed by atoms with Crippen LogP contribution in [-0.2, 0) is 0 Å². The van der Waals surface area contributed by atoms with E-state index in [-0.39, 0.29) is 28.2 Å². The van der Waals surface area contributed by atoms with Crippen LogP contribution >= 0.6 is 0 Å². The standard InChI is InChI=1S/C15H9FN4O4/c1-5-6-2-9(8(16)4-10(6)24-19-5)20-11(21)3-7-12(13(20)17)15(23)18-14(7)22/h2-4H,17H2,1H3,(H,18,22,23). The third-order valence-corrected chi connectivity index (χ3v) is 3.91. The molecule has 0 saturated carbocycles. The molecular formula is C15H9FN4O4. The van der Waals surface area contributed by atoms with Gasteiger partial charge in [-0.1, -0.05) is 5.16 Å². The number of carbonyl (C=O) groups excluding carboxylic acids is 2. The van der Waals surface area contributed by atoms with Crippen molar-refractivity contribution in [2.45, 2.75) is 6.92 Å². The van der Waals surface area contributed by atoms with Crippen molar-refractivity contribution in [2.24, 2.45) is 0 Å². The number of anilines is 1. The van der Waals surface area contributed by atoms with Gasteiger partial charge >= 0.3 is 0 Å². The molecule has 1 aliphatic rings. The van der Waals surface area contributed by atoms with Gasteiger partial charge in [-0.05, 0) is 13.0 Å². The van der Waals surface area contributed by atoms with Crippen LogP contribution in [0.2, 0.25) is 0 Å². The Morgan fingerprint density at radius 1 is 1.21 bits per heavy atom. The first kappa shape index (κ1) is 14.1. The lowest BCUT2D eigenvalue weighted by Gasteiger charge is -2.12. The zero-order chi connectivity index (χ0) is 17.2. The van der Waals surface area contributed by atoms with Crippen LogP contribution in [0.15, 0.2) is 27.5 Å². The lowest BCUT2D eigenvalue weighted by Crippen LogP contribution is -2.24. The molecule has 0 saturated heterocycles. The van der Waals surface area contributed by atoms with Gasteiger partial charge in [0.25, 0.3) is 17.4 Å². The van der Waals surface area contributed by atoms with E-state index in [0.29, 0.717) is 11.1 Å². The van der Waals surface area contributed by atoms with Gasteiger partial charge in [0.1, 0.15) is 5.82 Å². The van der Waals surface area contributed by atoms with E-state index in [9.17, 15) is 18.8 Å². The van der Waals surface area contributed by atoms with E-state index in [2.05, 4.69) is 5.16 Å². The molecule has 1 aliphatic heterocycles. The smallest absolute Gasteiger partial charge is 0.262 e. The Balaban J connectivity index is 2.08. The summed E-state index contributed by atoms with van der Waals surface area (Å²) in [5, 5.41) is 6.28. The minimum atomic E-state index is -0.780. The molecule has 0 unspecified atom stereocenters. The van der Waals surface area contributed by atoms with Crippen LogP contribution in [0.1, 0.15) is 26.4 Å². The van der Waals surface area contributed by atoms with Crippen molar-refractivity contribution in [3.8, 4) is 5.69 Å². The highest BCUT2D eigenvalue weighted by molar-refractivity contribution is 6.23. The Hall–Kier alpha value is -3.49. The lowest BCUT2D eigenvalue weighted by molar-refractivity contribution is 0.0880. The van der Waals surface area contributed by atoms with Crippen molar-refractivity contribution in [2.75, 3.05) is 5.73 Å². The number of nitrogen functional groups attached to an aromatic ring is 1. The monoisotopic (exact) mass is 328 g/mol. The number of carbonyl (C=O) groups is 2. The molecule has 3 aromatic rings. The number of nitrogens with one attached hydrogen (secondary N) is 1. The Labute approximate surface area is 132 Å². The molecule has 0 atom stereocenters. The summed E-state index contributed by atoms with van der Waals surface area (Å²) in [4.78, 5) is 35.9. The summed E-state index contributed by atoms with van der Waals surface area (Å²) in [5.41, 5.74) is 5.44. The second-order valence-electron chi connectivity index (χ2n) is 5.34. The summed E-state index contributed by atoms with van der Waals surface area (Å²) in [6.07, 6.45) is 0. The number of imide groups is 1. The molecule has 3 heterocycles. The molecule has 4 rings (SSSR count). The largest absolute Gasteiger partial charge is 0.384 e. The van der Waals surface area contributed by atoms with Crippen LogP contribution in [0.4, 0.5) is 10.2 Å². The quantitative estimate of drug-likeness (QED) is 0.640. The van der Waals surface area contributed by atoms with Crippen LogP contribution < -0.4 is 16.6 Å². The predicted octanol–water partition coefficient (Wildman–Crippen LogP) is 0.892. The summed E-state index contributed by atoms with van der Waals surface area (Å²) in [6, 6.07) is 3.39. The van der Waals surface area contributed by atoms with Gasteiger partial charge in [0.05, 0.1) is 22.5 Å². The second kappa shape index (κ2) is 4.51. The number of fused-ring (bicyclic) bond motifs is 2. The van der Waals surface area contributed by atoms with E-state index in [1.165, 1.54) is 6.07 Å². The fraction of sp³-hybridized carbons (Fsp3) is 0.0667. The third-order valence-electron chi connectivity index (χ3n) is 3.91. The number of benzene rings is 1. The minimum absolute atomic E-state index is 0.124. The van der Waals surface area contributed by atoms with Gasteiger partial charge in [-0.3, -0.25) is 24.3 Å². The number of nitrogens with zero attached hydrogens (tertiary/aromatic N) is 2. The molecule has 1 aromatic carbocycles. The zero-order valence-corrected chi connectivity index (χ0v) is 12.2. The highest BCUT2D eigenvalue weighted by Crippen LogP contribution is 2.28. The van der Waals surface area contributed by atoms with Crippen LogP contribution in [-0.4, -0.2) is 21.5 Å². The van der Waals surface area contributed by atoms with Crippen molar-refractivity contribution < 1.29 is 18.5 Å². The number of aryl methyl sites for hydroxylation is 1. The zero-order valence-electron chi connectivity index (χ0n) is 12.2. The second-order valence-corrected chi connectivity index (χ2v) is 5.34. The maximum Gasteiger partial charge on any atom is 0.262 e. The van der Waals surface area contributed by atoms with Gasteiger partial charge in [0.15, 0.2) is 11.4 Å². The summed E-state index contributed by atoms with van der Waals surface area (Å²) in [7, 11) is 0. The summed E-state index contributed by atoms with van der Waals surface area (Å²) in [6.45, 7) is 1.66. The minimum Gasteiger partial charge on any atom is -0.384 e. The fourth-order valence-electron chi connectivity index (χ4n) is 2.77. The summed E-state index contributed by atoms with van der Waals surface area (Å²) < 4.78 is 20.2. The first-order chi connectivity index (χ1) is 11.4. The molecule has 0 aliphatic carbocycles. The molecule has 9 heteroatoms. The highest BCUT2D eigenvalue weighted by atomic mass is 19.1. The lowest BCUT2D eigenvalue weighted by atomic mass is 10.1. The van der Waals surface area contributed by atoms with Crippen molar-refractivity contribution in [3.05, 3.63) is 51.2 Å². The molecule has 3 N–H and O–H groups in total. The number of amides is 2. The van der Waals surface area contributed by atoms with Gasteiger partial charge in [-0.15, -0.1) is 0 Å². The number of rotatable bonds is 1. The Morgan fingerprint density at radius 3 is 2.71 bits per heavy atom. The van der Waals surface area contributed by atoms with E-state index >= 15 is 0 Å². The van der Waals surface area contributed by atoms with Crippen molar-refractivity contribution in [1.29, 1.82) is 0 Å². The van der Waals surface area contributed by atoms with Crippen LogP contribution in [0.3, 0.4) is 0 Å². The SMILES string of the molecule is Cc1noc2cc(F)c(-n3c(N)c4c(cc3=O)C(=O)NC4=O)cc12. The van der Waals surface area contributed by atoms with Crippen LogP contribution in [0.25, 0.3) is 16.7 Å². The average molecular weight is 328 g/mol. The number of hydrogen-bond acceptors (Lipinski definition) is 6. The van der Waals surface area contributed by atoms with E-state index in [4.69, 9.17) is 10.3 Å². The number of hydrogen-bond donors (Lipinski definition) is 2. The van der Waals surface area contributed by atoms with Crippen LogP contribution in [0.5, 0.6) is 0 Å². The van der Waals surface area contributed by atoms with Gasteiger partial charge in [0, 0.05) is 17.5 Å². The first-order valence-electron chi connectivity index (χ1n) is 6.85. The number of halogens is 1. The topological polar surface area (TPSA) is 120 Å². The van der Waals surface area contributed by atoms with E-state index in [1.807, 2.05) is 5.32 Å². The van der Waals surface area contributed by atoms with E-state index < -0.39 is 23.2 Å². The normalized spacial score (nSPS) is 13.4. The molecule has 2 amide bonds. The molecule has 8 nitrogen and oxygen atoms in total. The predicted molar refractivity (Wildman–Crippen MR) is 80.5 cm³/mol. The summed E-state index contributed by atoms with van der Waals surface area (Å²) in [5.74, 6) is -2.54. The molecule has 120 valence electrons. The summed E-state index contributed by atoms with van der Waals surface area (Å²) >= 11 is 0. The average Bonchev–Trinajstić information content (AvgIpc) is 3.00. The van der Waals surface area contributed by atoms with Gasteiger partial charge in [-0.2, -0.15) is 0 Å². The number of pyridine rings is 1. The van der Waals surface area contributed by atoms with E-state index in [1.54, 1.807) is 6.92 Å². The van der Waals surface area contributed by atoms with Gasteiger partial charge in [-0.25, -0.2) is 4.39 Å². The maximum absolute atomic E-state index is 14.4. The Bertz CT molecular complexity index is 1130. The fourth-order valence-corrected chi connectivity index (χ4v) is 2.77. The Morgan fingerprint density at radius 2 is 1.96 bits per heavy atom. The van der Waals surface area contributed by atoms with Crippen LogP contribution in [0, 0.1) is 12.7 Å². The molecule has 0 fully saturated rings.